The van der Waals surface area contributed by atoms with E-state index in [1.165, 1.54) is 6.07 Å². The van der Waals surface area contributed by atoms with Crippen molar-refractivity contribution in [3.05, 3.63) is 35.4 Å². The number of benzene rings is 1. The van der Waals surface area contributed by atoms with E-state index in [9.17, 15) is 13.2 Å². The van der Waals surface area contributed by atoms with Crippen molar-refractivity contribution < 1.29 is 17.9 Å². The molecule has 3 rings (SSSR count). The van der Waals surface area contributed by atoms with Gasteiger partial charge in [0.25, 0.3) is 5.91 Å². The molecule has 1 aromatic carbocycles. The quantitative estimate of drug-likeness (QED) is 0.878. The predicted molar refractivity (Wildman–Crippen MR) is 91.7 cm³/mol. The topological polar surface area (TPSA) is 75.7 Å². The normalized spacial score (nSPS) is 19.0. The van der Waals surface area contributed by atoms with E-state index >= 15 is 0 Å². The highest BCUT2D eigenvalue weighted by Crippen LogP contribution is 2.28. The second-order valence-corrected chi connectivity index (χ2v) is 8.09. The van der Waals surface area contributed by atoms with E-state index in [1.807, 2.05) is 6.08 Å². The Balaban J connectivity index is 2.04. The Morgan fingerprint density at radius 3 is 2.62 bits per heavy atom. The second-order valence-electron chi connectivity index (χ2n) is 6.08. The Labute approximate surface area is 142 Å². The van der Waals surface area contributed by atoms with Crippen LogP contribution in [0.5, 0.6) is 0 Å². The molecule has 1 amide bonds. The molecule has 0 radical (unpaired) electrons. The fraction of sp³-hybridized carbons (Fsp3) is 0.471. The molecule has 0 saturated carbocycles. The molecule has 1 fully saturated rings. The zero-order chi connectivity index (χ0) is 17.2. The molecule has 0 spiro atoms. The van der Waals surface area contributed by atoms with Gasteiger partial charge in [-0.15, -0.1) is 0 Å². The standard InChI is InChI=1S/C17H22N2O4S/c1-24(21,22)14-2-3-15(13-4-10-23-11-5-13)16(12-14)17(20)19-8-6-18-7-9-19/h2-4,12,18H,5-11H2,1H3. The summed E-state index contributed by atoms with van der Waals surface area (Å²) in [5.74, 6) is -0.107. The first-order valence-corrected chi connectivity index (χ1v) is 9.97. The Bertz CT molecular complexity index is 765. The van der Waals surface area contributed by atoms with Crippen molar-refractivity contribution in [3.63, 3.8) is 0 Å². The van der Waals surface area contributed by atoms with Gasteiger partial charge in [-0.05, 0) is 29.7 Å². The van der Waals surface area contributed by atoms with Crippen LogP contribution in [0.15, 0.2) is 29.2 Å². The van der Waals surface area contributed by atoms with Gasteiger partial charge in [-0.2, -0.15) is 0 Å². The van der Waals surface area contributed by atoms with E-state index in [4.69, 9.17) is 4.74 Å². The van der Waals surface area contributed by atoms with Crippen LogP contribution in [0.2, 0.25) is 0 Å². The number of piperazine rings is 1. The van der Waals surface area contributed by atoms with Crippen molar-refractivity contribution in [2.24, 2.45) is 0 Å². The highest BCUT2D eigenvalue weighted by Gasteiger charge is 2.24. The molecule has 2 heterocycles. The molecule has 1 saturated heterocycles. The number of hydrogen-bond acceptors (Lipinski definition) is 5. The number of carbonyl (C=O) groups is 1. The first-order valence-electron chi connectivity index (χ1n) is 8.08. The van der Waals surface area contributed by atoms with E-state index in [1.54, 1.807) is 17.0 Å². The van der Waals surface area contributed by atoms with Crippen LogP contribution < -0.4 is 5.32 Å². The molecule has 0 aromatic heterocycles. The van der Waals surface area contributed by atoms with Crippen molar-refractivity contribution in [3.8, 4) is 0 Å². The van der Waals surface area contributed by atoms with Gasteiger partial charge < -0.3 is 15.0 Å². The highest BCUT2D eigenvalue weighted by molar-refractivity contribution is 7.90. The van der Waals surface area contributed by atoms with Crippen LogP contribution in [0.25, 0.3) is 5.57 Å². The average Bonchev–Trinajstić information content (AvgIpc) is 2.61. The number of nitrogens with one attached hydrogen (secondary N) is 1. The molecule has 0 atom stereocenters. The van der Waals surface area contributed by atoms with Gasteiger partial charge in [-0.1, -0.05) is 12.1 Å². The Morgan fingerprint density at radius 2 is 2.00 bits per heavy atom. The molecule has 24 heavy (non-hydrogen) atoms. The van der Waals surface area contributed by atoms with Crippen LogP contribution in [-0.2, 0) is 14.6 Å². The fourth-order valence-electron chi connectivity index (χ4n) is 3.02. The van der Waals surface area contributed by atoms with Gasteiger partial charge >= 0.3 is 0 Å². The lowest BCUT2D eigenvalue weighted by atomic mass is 9.95. The van der Waals surface area contributed by atoms with Crippen LogP contribution in [-0.4, -0.2) is 64.9 Å². The summed E-state index contributed by atoms with van der Waals surface area (Å²) in [5.41, 5.74) is 2.32. The first-order chi connectivity index (χ1) is 11.5. The molecular weight excluding hydrogens is 328 g/mol. The molecule has 1 aromatic rings. The van der Waals surface area contributed by atoms with Gasteiger partial charge in [-0.25, -0.2) is 8.42 Å². The third-order valence-corrected chi connectivity index (χ3v) is 5.47. The predicted octanol–water partition coefficient (Wildman–Crippen LogP) is 0.939. The summed E-state index contributed by atoms with van der Waals surface area (Å²) in [6.45, 7) is 3.89. The van der Waals surface area contributed by atoms with Crippen LogP contribution in [0.3, 0.4) is 0 Å². The third kappa shape index (κ3) is 3.68. The Hall–Kier alpha value is -1.70. The Morgan fingerprint density at radius 1 is 1.25 bits per heavy atom. The lowest BCUT2D eigenvalue weighted by Gasteiger charge is -2.29. The van der Waals surface area contributed by atoms with E-state index in [2.05, 4.69) is 5.32 Å². The molecule has 0 unspecified atom stereocenters. The maximum Gasteiger partial charge on any atom is 0.254 e. The van der Waals surface area contributed by atoms with Gasteiger partial charge in [0.2, 0.25) is 0 Å². The zero-order valence-electron chi connectivity index (χ0n) is 13.7. The summed E-state index contributed by atoms with van der Waals surface area (Å²) in [7, 11) is -3.36. The molecule has 2 aliphatic heterocycles. The molecule has 1 N–H and O–H groups in total. The van der Waals surface area contributed by atoms with Crippen molar-refractivity contribution in [2.45, 2.75) is 11.3 Å². The van der Waals surface area contributed by atoms with Crippen molar-refractivity contribution in [1.29, 1.82) is 0 Å². The van der Waals surface area contributed by atoms with Gasteiger partial charge in [0.1, 0.15) is 0 Å². The highest BCUT2D eigenvalue weighted by atomic mass is 32.2. The lowest BCUT2D eigenvalue weighted by molar-refractivity contribution is 0.0735. The minimum absolute atomic E-state index is 0.107. The fourth-order valence-corrected chi connectivity index (χ4v) is 3.67. The van der Waals surface area contributed by atoms with Crippen molar-refractivity contribution >= 4 is 21.3 Å². The van der Waals surface area contributed by atoms with Crippen LogP contribution in [0, 0.1) is 0 Å². The average molecular weight is 350 g/mol. The van der Waals surface area contributed by atoms with Gasteiger partial charge in [0, 0.05) is 38.0 Å². The second kappa shape index (κ2) is 7.04. The van der Waals surface area contributed by atoms with Crippen molar-refractivity contribution in [2.75, 3.05) is 45.6 Å². The van der Waals surface area contributed by atoms with Gasteiger partial charge in [0.05, 0.1) is 18.1 Å². The SMILES string of the molecule is CS(=O)(=O)c1ccc(C2=CCOCC2)c(C(=O)N2CCNCC2)c1. The molecule has 0 bridgehead atoms. The number of hydrogen-bond donors (Lipinski definition) is 1. The minimum atomic E-state index is -3.36. The summed E-state index contributed by atoms with van der Waals surface area (Å²) in [6, 6.07) is 4.85. The van der Waals surface area contributed by atoms with E-state index in [-0.39, 0.29) is 10.8 Å². The summed E-state index contributed by atoms with van der Waals surface area (Å²) in [6.07, 6.45) is 3.85. The summed E-state index contributed by atoms with van der Waals surface area (Å²) < 4.78 is 29.1. The molecule has 130 valence electrons. The molecule has 7 heteroatoms. The largest absolute Gasteiger partial charge is 0.377 e. The summed E-state index contributed by atoms with van der Waals surface area (Å²) >= 11 is 0. The van der Waals surface area contributed by atoms with Crippen LogP contribution in [0.4, 0.5) is 0 Å². The summed E-state index contributed by atoms with van der Waals surface area (Å²) in [5, 5.41) is 3.22. The number of nitrogens with zero attached hydrogens (tertiary/aromatic N) is 1. The molecule has 0 aliphatic carbocycles. The zero-order valence-corrected chi connectivity index (χ0v) is 14.6. The number of carbonyl (C=O) groups excluding carboxylic acids is 1. The van der Waals surface area contributed by atoms with Gasteiger partial charge in [0.15, 0.2) is 9.84 Å². The number of ether oxygens (including phenoxy) is 1. The first kappa shape index (κ1) is 17.1. The molecular formula is C17H22N2O4S. The monoisotopic (exact) mass is 350 g/mol. The van der Waals surface area contributed by atoms with E-state index in [0.29, 0.717) is 31.9 Å². The summed E-state index contributed by atoms with van der Waals surface area (Å²) in [4.78, 5) is 14.9. The minimum Gasteiger partial charge on any atom is -0.377 e. The lowest BCUT2D eigenvalue weighted by Crippen LogP contribution is -2.46. The van der Waals surface area contributed by atoms with Crippen molar-refractivity contribution in [1.82, 2.24) is 10.2 Å². The number of sulfone groups is 1. The smallest absolute Gasteiger partial charge is 0.254 e. The van der Waals surface area contributed by atoms with Crippen LogP contribution >= 0.6 is 0 Å². The third-order valence-electron chi connectivity index (χ3n) is 4.36. The Kier molecular flexibility index (Phi) is 5.03. The van der Waals surface area contributed by atoms with E-state index in [0.717, 1.165) is 36.9 Å². The van der Waals surface area contributed by atoms with E-state index < -0.39 is 9.84 Å². The maximum atomic E-state index is 13.0. The van der Waals surface area contributed by atoms with Gasteiger partial charge in [-0.3, -0.25) is 4.79 Å². The number of rotatable bonds is 3. The molecule has 2 aliphatic rings. The number of amides is 1. The maximum absolute atomic E-state index is 13.0. The van der Waals surface area contributed by atoms with Crippen LogP contribution in [0.1, 0.15) is 22.3 Å². The molecule has 6 nitrogen and oxygen atoms in total.